The molecule has 5 nitrogen and oxygen atoms in total. The third-order valence-corrected chi connectivity index (χ3v) is 4.57. The molecule has 2 aliphatic rings. The molecule has 2 atom stereocenters. The van der Waals surface area contributed by atoms with E-state index in [0.717, 1.165) is 45.4 Å². The quantitative estimate of drug-likeness (QED) is 0.777. The van der Waals surface area contributed by atoms with Crippen molar-refractivity contribution in [2.75, 3.05) is 39.3 Å². The van der Waals surface area contributed by atoms with Gasteiger partial charge in [-0.15, -0.1) is 0 Å². The van der Waals surface area contributed by atoms with E-state index < -0.39 is 5.60 Å². The van der Waals surface area contributed by atoms with Crippen LogP contribution in [0.5, 0.6) is 0 Å². The fourth-order valence-corrected chi connectivity index (χ4v) is 3.55. The summed E-state index contributed by atoms with van der Waals surface area (Å²) in [6.45, 7) is 8.24. The first kappa shape index (κ1) is 15.7. The topological polar surface area (TPSA) is 69.8 Å². The molecule has 2 rings (SSSR count). The van der Waals surface area contributed by atoms with Crippen molar-refractivity contribution in [1.82, 2.24) is 9.80 Å². The van der Waals surface area contributed by atoms with Crippen molar-refractivity contribution in [3.63, 3.8) is 0 Å². The molecule has 2 unspecified atom stereocenters. The largest absolute Gasteiger partial charge is 0.389 e. The highest BCUT2D eigenvalue weighted by Gasteiger charge is 2.35. The van der Waals surface area contributed by atoms with E-state index in [1.807, 2.05) is 18.7 Å². The third kappa shape index (κ3) is 3.93. The van der Waals surface area contributed by atoms with Gasteiger partial charge in [0.25, 0.3) is 0 Å². The van der Waals surface area contributed by atoms with E-state index in [0.29, 0.717) is 24.9 Å². The number of β-amino-alcohol motifs (C(OH)–C–C–N with tert-alkyl or cyclic N) is 1. The molecule has 1 amide bonds. The van der Waals surface area contributed by atoms with Gasteiger partial charge in [-0.05, 0) is 39.2 Å². The Balaban J connectivity index is 1.83. The molecule has 1 saturated carbocycles. The molecular formula is C15H29N3O2. The SMILES string of the molecule is CC(C)(O)CN1CCN(C(=O)C2CCCC2CN)CC1. The summed E-state index contributed by atoms with van der Waals surface area (Å²) < 4.78 is 0. The molecule has 0 spiro atoms. The summed E-state index contributed by atoms with van der Waals surface area (Å²) in [6, 6.07) is 0. The molecule has 116 valence electrons. The average molecular weight is 283 g/mol. The second-order valence-electron chi connectivity index (χ2n) is 6.95. The second kappa shape index (κ2) is 6.41. The van der Waals surface area contributed by atoms with Gasteiger partial charge in [0.05, 0.1) is 5.60 Å². The van der Waals surface area contributed by atoms with Crippen molar-refractivity contribution in [1.29, 1.82) is 0 Å². The van der Waals surface area contributed by atoms with E-state index >= 15 is 0 Å². The summed E-state index contributed by atoms with van der Waals surface area (Å²) in [5, 5.41) is 9.85. The minimum atomic E-state index is -0.664. The van der Waals surface area contributed by atoms with Crippen molar-refractivity contribution < 1.29 is 9.90 Å². The van der Waals surface area contributed by atoms with Gasteiger partial charge in [-0.2, -0.15) is 0 Å². The maximum atomic E-state index is 12.6. The summed E-state index contributed by atoms with van der Waals surface area (Å²) in [7, 11) is 0. The smallest absolute Gasteiger partial charge is 0.226 e. The van der Waals surface area contributed by atoms with Crippen molar-refractivity contribution in [3.8, 4) is 0 Å². The Kier molecular flexibility index (Phi) is 5.04. The zero-order valence-corrected chi connectivity index (χ0v) is 12.8. The van der Waals surface area contributed by atoms with Crippen LogP contribution in [-0.2, 0) is 4.79 Å². The van der Waals surface area contributed by atoms with Gasteiger partial charge in [0.2, 0.25) is 5.91 Å². The molecule has 0 aromatic heterocycles. The predicted octanol–water partition coefficient (Wildman–Crippen LogP) is 0.277. The number of carbonyl (C=O) groups is 1. The first-order chi connectivity index (χ1) is 9.40. The van der Waals surface area contributed by atoms with Gasteiger partial charge in [0.1, 0.15) is 0 Å². The van der Waals surface area contributed by atoms with Gasteiger partial charge < -0.3 is 15.7 Å². The number of rotatable bonds is 4. The molecule has 0 aromatic rings. The Morgan fingerprint density at radius 3 is 2.45 bits per heavy atom. The number of nitrogens with zero attached hydrogens (tertiary/aromatic N) is 2. The number of piperazine rings is 1. The number of carbonyl (C=O) groups excluding carboxylic acids is 1. The first-order valence-corrected chi connectivity index (χ1v) is 7.84. The van der Waals surface area contributed by atoms with Crippen LogP contribution in [0.3, 0.4) is 0 Å². The van der Waals surface area contributed by atoms with Gasteiger partial charge >= 0.3 is 0 Å². The number of hydrogen-bond donors (Lipinski definition) is 2. The molecule has 0 bridgehead atoms. The number of hydrogen-bond acceptors (Lipinski definition) is 4. The summed E-state index contributed by atoms with van der Waals surface area (Å²) in [6.07, 6.45) is 3.24. The van der Waals surface area contributed by atoms with E-state index in [-0.39, 0.29) is 5.92 Å². The number of aliphatic hydroxyl groups is 1. The molecular weight excluding hydrogens is 254 g/mol. The van der Waals surface area contributed by atoms with Crippen LogP contribution in [0.25, 0.3) is 0 Å². The Morgan fingerprint density at radius 2 is 1.90 bits per heavy atom. The Hall–Kier alpha value is -0.650. The van der Waals surface area contributed by atoms with Crippen molar-refractivity contribution in [2.24, 2.45) is 17.6 Å². The second-order valence-corrected chi connectivity index (χ2v) is 6.95. The highest BCUT2D eigenvalue weighted by Crippen LogP contribution is 2.32. The molecule has 1 saturated heterocycles. The Bertz CT molecular complexity index is 333. The van der Waals surface area contributed by atoms with Crippen LogP contribution in [0, 0.1) is 11.8 Å². The Labute approximate surface area is 122 Å². The summed E-state index contributed by atoms with van der Waals surface area (Å²) >= 11 is 0. The number of amides is 1. The van der Waals surface area contributed by atoms with Gasteiger partial charge in [-0.3, -0.25) is 9.69 Å². The zero-order valence-electron chi connectivity index (χ0n) is 12.8. The van der Waals surface area contributed by atoms with Crippen molar-refractivity contribution >= 4 is 5.91 Å². The van der Waals surface area contributed by atoms with Crippen molar-refractivity contribution in [2.45, 2.75) is 38.7 Å². The number of nitrogens with two attached hydrogens (primary N) is 1. The fourth-order valence-electron chi connectivity index (χ4n) is 3.55. The van der Waals surface area contributed by atoms with Crippen LogP contribution < -0.4 is 5.73 Å². The lowest BCUT2D eigenvalue weighted by Gasteiger charge is -2.38. The Morgan fingerprint density at radius 1 is 1.25 bits per heavy atom. The maximum Gasteiger partial charge on any atom is 0.226 e. The molecule has 1 heterocycles. The zero-order chi connectivity index (χ0) is 14.8. The average Bonchev–Trinajstić information content (AvgIpc) is 2.85. The highest BCUT2D eigenvalue weighted by molar-refractivity contribution is 5.79. The standard InChI is InChI=1S/C15H29N3O2/c1-15(2,20)11-17-6-8-18(9-7-17)14(19)13-5-3-4-12(13)10-16/h12-13,20H,3-11,16H2,1-2H3. The van der Waals surface area contributed by atoms with Gasteiger partial charge in [0, 0.05) is 38.6 Å². The summed E-state index contributed by atoms with van der Waals surface area (Å²) in [5.41, 5.74) is 5.11. The minimum Gasteiger partial charge on any atom is -0.389 e. The lowest BCUT2D eigenvalue weighted by molar-refractivity contribution is -0.138. The van der Waals surface area contributed by atoms with E-state index in [9.17, 15) is 9.90 Å². The summed E-state index contributed by atoms with van der Waals surface area (Å²) in [4.78, 5) is 16.8. The molecule has 1 aliphatic carbocycles. The fraction of sp³-hybridized carbons (Fsp3) is 0.933. The maximum absolute atomic E-state index is 12.6. The van der Waals surface area contributed by atoms with Crippen LogP contribution in [0.1, 0.15) is 33.1 Å². The monoisotopic (exact) mass is 283 g/mol. The summed E-state index contributed by atoms with van der Waals surface area (Å²) in [5.74, 6) is 0.846. The molecule has 1 aliphatic heterocycles. The predicted molar refractivity (Wildman–Crippen MR) is 79.2 cm³/mol. The van der Waals surface area contributed by atoms with E-state index in [2.05, 4.69) is 4.90 Å². The van der Waals surface area contributed by atoms with Crippen LogP contribution in [0.15, 0.2) is 0 Å². The molecule has 20 heavy (non-hydrogen) atoms. The lowest BCUT2D eigenvalue weighted by atomic mass is 9.94. The third-order valence-electron chi connectivity index (χ3n) is 4.57. The normalized spacial score (nSPS) is 28.9. The molecule has 5 heteroatoms. The van der Waals surface area contributed by atoms with Crippen LogP contribution in [0.4, 0.5) is 0 Å². The van der Waals surface area contributed by atoms with Crippen LogP contribution in [0.2, 0.25) is 0 Å². The van der Waals surface area contributed by atoms with Crippen molar-refractivity contribution in [3.05, 3.63) is 0 Å². The molecule has 2 fully saturated rings. The highest BCUT2D eigenvalue weighted by atomic mass is 16.3. The minimum absolute atomic E-state index is 0.154. The van der Waals surface area contributed by atoms with Crippen LogP contribution >= 0.6 is 0 Å². The van der Waals surface area contributed by atoms with E-state index in [1.165, 1.54) is 0 Å². The molecule has 0 radical (unpaired) electrons. The van der Waals surface area contributed by atoms with Gasteiger partial charge in [0.15, 0.2) is 0 Å². The molecule has 3 N–H and O–H groups in total. The van der Waals surface area contributed by atoms with Crippen LogP contribution in [-0.4, -0.2) is 65.7 Å². The first-order valence-electron chi connectivity index (χ1n) is 7.84. The van der Waals surface area contributed by atoms with E-state index in [4.69, 9.17) is 5.73 Å². The molecule has 0 aromatic carbocycles. The van der Waals surface area contributed by atoms with E-state index in [1.54, 1.807) is 0 Å². The lowest BCUT2D eigenvalue weighted by Crippen LogP contribution is -2.53. The van der Waals surface area contributed by atoms with Gasteiger partial charge in [-0.25, -0.2) is 0 Å². The van der Waals surface area contributed by atoms with Gasteiger partial charge in [-0.1, -0.05) is 6.42 Å².